The minimum absolute atomic E-state index is 0.0447. The van der Waals surface area contributed by atoms with Gasteiger partial charge in [-0.1, -0.05) is 31.2 Å². The number of benzene rings is 2. The lowest BCUT2D eigenvalue weighted by Crippen LogP contribution is -2.14. The second-order valence-electron chi connectivity index (χ2n) is 5.17. The molecular weight excluding hydrogens is 262 g/mol. The molecule has 0 saturated carbocycles. The number of aliphatic hydroxyl groups is 1. The first kappa shape index (κ1) is 15.4. The summed E-state index contributed by atoms with van der Waals surface area (Å²) in [6.45, 7) is 4.91. The average Bonchev–Trinajstić information content (AvgIpc) is 2.51. The molecule has 0 aliphatic carbocycles. The summed E-state index contributed by atoms with van der Waals surface area (Å²) in [5.74, 6) is 0.868. The van der Waals surface area contributed by atoms with Crippen molar-refractivity contribution in [2.45, 2.75) is 26.3 Å². The van der Waals surface area contributed by atoms with E-state index in [0.29, 0.717) is 0 Å². The third-order valence-corrected chi connectivity index (χ3v) is 3.30. The zero-order chi connectivity index (χ0) is 15.1. The van der Waals surface area contributed by atoms with Crippen LogP contribution in [0.4, 0.5) is 5.69 Å². The van der Waals surface area contributed by atoms with Gasteiger partial charge in [0.05, 0.1) is 19.3 Å². The van der Waals surface area contributed by atoms with Gasteiger partial charge in [-0.05, 0) is 48.7 Å². The second-order valence-corrected chi connectivity index (χ2v) is 5.17. The van der Waals surface area contributed by atoms with Gasteiger partial charge in [0.2, 0.25) is 0 Å². The number of nitrogens with one attached hydrogen (secondary N) is 1. The van der Waals surface area contributed by atoms with Crippen LogP contribution in [0.3, 0.4) is 0 Å². The highest BCUT2D eigenvalue weighted by molar-refractivity contribution is 5.48. The van der Waals surface area contributed by atoms with Gasteiger partial charge in [-0.15, -0.1) is 0 Å². The molecule has 2 aromatic carbocycles. The number of aliphatic hydroxyl groups excluding tert-OH is 1. The zero-order valence-corrected chi connectivity index (χ0v) is 12.7. The van der Waals surface area contributed by atoms with Gasteiger partial charge in [-0.2, -0.15) is 0 Å². The number of ether oxygens (including phenoxy) is 1. The molecule has 0 fully saturated rings. The van der Waals surface area contributed by atoms with Crippen molar-refractivity contribution in [2.24, 2.45) is 0 Å². The maximum absolute atomic E-state index is 9.63. The van der Waals surface area contributed by atoms with Crippen molar-refractivity contribution >= 4 is 5.69 Å². The summed E-state index contributed by atoms with van der Waals surface area (Å²) < 4.78 is 5.57. The highest BCUT2D eigenvalue weighted by Gasteiger charge is 2.10. The summed E-state index contributed by atoms with van der Waals surface area (Å²) in [5, 5.41) is 13.0. The number of hydrogen-bond acceptors (Lipinski definition) is 3. The number of rotatable bonds is 7. The normalized spacial score (nSPS) is 12.0. The van der Waals surface area contributed by atoms with Crippen LogP contribution in [0.1, 0.15) is 30.5 Å². The van der Waals surface area contributed by atoms with Crippen molar-refractivity contribution in [3.05, 3.63) is 59.7 Å². The Morgan fingerprint density at radius 2 is 1.90 bits per heavy atom. The van der Waals surface area contributed by atoms with Crippen molar-refractivity contribution in [1.29, 1.82) is 0 Å². The van der Waals surface area contributed by atoms with E-state index < -0.39 is 0 Å². The van der Waals surface area contributed by atoms with Crippen LogP contribution < -0.4 is 10.1 Å². The van der Waals surface area contributed by atoms with Crippen molar-refractivity contribution in [3.8, 4) is 5.75 Å². The van der Waals surface area contributed by atoms with Gasteiger partial charge in [0.15, 0.2) is 0 Å². The van der Waals surface area contributed by atoms with Crippen LogP contribution >= 0.6 is 0 Å². The van der Waals surface area contributed by atoms with Gasteiger partial charge in [0.25, 0.3) is 0 Å². The minimum Gasteiger partial charge on any atom is -0.494 e. The van der Waals surface area contributed by atoms with Gasteiger partial charge in [-0.3, -0.25) is 0 Å². The van der Waals surface area contributed by atoms with Crippen LogP contribution in [0, 0.1) is 6.92 Å². The van der Waals surface area contributed by atoms with Crippen LogP contribution in [0.25, 0.3) is 0 Å². The summed E-state index contributed by atoms with van der Waals surface area (Å²) in [4.78, 5) is 0. The standard InChI is InChI=1S/C18H23NO2/c1-3-11-21-17-9-7-15(8-10-17)18(13-20)19-16-6-4-5-14(2)12-16/h4-10,12,18-20H,3,11,13H2,1-2H3. The van der Waals surface area contributed by atoms with E-state index in [1.54, 1.807) is 0 Å². The molecule has 0 spiro atoms. The van der Waals surface area contributed by atoms with Crippen LogP contribution in [0.5, 0.6) is 5.75 Å². The summed E-state index contributed by atoms with van der Waals surface area (Å²) in [6.07, 6.45) is 0.996. The van der Waals surface area contributed by atoms with Gasteiger partial charge < -0.3 is 15.2 Å². The third kappa shape index (κ3) is 4.50. The predicted octanol–water partition coefficient (Wildman–Crippen LogP) is 3.93. The molecule has 0 heterocycles. The minimum atomic E-state index is -0.118. The monoisotopic (exact) mass is 285 g/mol. The molecule has 0 amide bonds. The summed E-state index contributed by atoms with van der Waals surface area (Å²) in [7, 11) is 0. The average molecular weight is 285 g/mol. The van der Waals surface area contributed by atoms with Crippen LogP contribution in [0.2, 0.25) is 0 Å². The lowest BCUT2D eigenvalue weighted by atomic mass is 10.1. The Balaban J connectivity index is 2.06. The molecule has 0 radical (unpaired) electrons. The summed E-state index contributed by atoms with van der Waals surface area (Å²) in [6, 6.07) is 15.9. The fraction of sp³-hybridized carbons (Fsp3) is 0.333. The van der Waals surface area contributed by atoms with Crippen molar-refractivity contribution in [3.63, 3.8) is 0 Å². The quantitative estimate of drug-likeness (QED) is 0.810. The molecule has 3 nitrogen and oxygen atoms in total. The molecule has 112 valence electrons. The summed E-state index contributed by atoms with van der Waals surface area (Å²) in [5.41, 5.74) is 3.25. The van der Waals surface area contributed by atoms with Crippen LogP contribution in [-0.2, 0) is 0 Å². The van der Waals surface area contributed by atoms with Crippen molar-refractivity contribution in [1.82, 2.24) is 0 Å². The van der Waals surface area contributed by atoms with Gasteiger partial charge >= 0.3 is 0 Å². The van der Waals surface area contributed by atoms with Crippen molar-refractivity contribution < 1.29 is 9.84 Å². The smallest absolute Gasteiger partial charge is 0.119 e. The SMILES string of the molecule is CCCOc1ccc(C(CO)Nc2cccc(C)c2)cc1. The molecule has 1 atom stereocenters. The Hall–Kier alpha value is -2.00. The van der Waals surface area contributed by atoms with E-state index >= 15 is 0 Å². The van der Waals surface area contributed by atoms with E-state index in [4.69, 9.17) is 4.74 Å². The maximum atomic E-state index is 9.63. The number of hydrogen-bond donors (Lipinski definition) is 2. The second kappa shape index (κ2) is 7.70. The molecule has 2 N–H and O–H groups in total. The molecule has 0 aliphatic heterocycles. The Labute approximate surface area is 126 Å². The van der Waals surface area contributed by atoms with E-state index in [9.17, 15) is 5.11 Å². The van der Waals surface area contributed by atoms with E-state index in [0.717, 1.165) is 30.0 Å². The third-order valence-electron chi connectivity index (χ3n) is 3.30. The van der Waals surface area contributed by atoms with Crippen LogP contribution in [0.15, 0.2) is 48.5 Å². The zero-order valence-electron chi connectivity index (χ0n) is 12.7. The number of aryl methyl sites for hydroxylation is 1. The Morgan fingerprint density at radius 1 is 1.14 bits per heavy atom. The van der Waals surface area contributed by atoms with Gasteiger partial charge in [-0.25, -0.2) is 0 Å². The molecule has 2 rings (SSSR count). The van der Waals surface area contributed by atoms with Gasteiger partial charge in [0, 0.05) is 5.69 Å². The topological polar surface area (TPSA) is 41.5 Å². The van der Waals surface area contributed by atoms with E-state index in [1.807, 2.05) is 36.4 Å². The first-order valence-corrected chi connectivity index (χ1v) is 7.39. The first-order chi connectivity index (χ1) is 10.2. The molecule has 3 heteroatoms. The van der Waals surface area contributed by atoms with E-state index in [2.05, 4.69) is 31.3 Å². The molecular formula is C18H23NO2. The molecule has 0 aliphatic rings. The molecule has 0 bridgehead atoms. The molecule has 1 unspecified atom stereocenters. The Bertz CT molecular complexity index is 551. The molecule has 2 aromatic rings. The maximum Gasteiger partial charge on any atom is 0.119 e. The highest BCUT2D eigenvalue weighted by Crippen LogP contribution is 2.22. The predicted molar refractivity (Wildman–Crippen MR) is 86.9 cm³/mol. The molecule has 0 aromatic heterocycles. The van der Waals surface area contributed by atoms with Gasteiger partial charge in [0.1, 0.15) is 5.75 Å². The largest absolute Gasteiger partial charge is 0.494 e. The Kier molecular flexibility index (Phi) is 5.64. The van der Waals surface area contributed by atoms with Crippen molar-refractivity contribution in [2.75, 3.05) is 18.5 Å². The molecule has 21 heavy (non-hydrogen) atoms. The fourth-order valence-corrected chi connectivity index (χ4v) is 2.19. The first-order valence-electron chi connectivity index (χ1n) is 7.39. The Morgan fingerprint density at radius 3 is 2.52 bits per heavy atom. The van der Waals surface area contributed by atoms with E-state index in [1.165, 1.54) is 5.56 Å². The van der Waals surface area contributed by atoms with Crippen LogP contribution in [-0.4, -0.2) is 18.3 Å². The lowest BCUT2D eigenvalue weighted by Gasteiger charge is -2.19. The molecule has 0 saturated heterocycles. The number of anilines is 1. The highest BCUT2D eigenvalue weighted by atomic mass is 16.5. The summed E-state index contributed by atoms with van der Waals surface area (Å²) >= 11 is 0. The van der Waals surface area contributed by atoms with E-state index in [-0.39, 0.29) is 12.6 Å². The lowest BCUT2D eigenvalue weighted by molar-refractivity contribution is 0.276. The fourth-order valence-electron chi connectivity index (χ4n) is 2.19.